The first-order valence-electron chi connectivity index (χ1n) is 9.14. The van der Waals surface area contributed by atoms with Crippen LogP contribution in [0.2, 0.25) is 5.02 Å². The Kier molecular flexibility index (Phi) is 5.45. The lowest BCUT2D eigenvalue weighted by atomic mass is 10.2. The standard InChI is InChI=1S/C21H19ClN2O4S/c22-18-6-7-19-17(14-18)15-20(28-19)21(25)23-9-11-24(12-10-23)29(26,27)13-8-16-4-2-1-3-5-16/h1-8,13-15H,9-12H2/b13-8+. The molecular weight excluding hydrogens is 412 g/mol. The Morgan fingerprint density at radius 3 is 2.45 bits per heavy atom. The maximum Gasteiger partial charge on any atom is 0.289 e. The van der Waals surface area contributed by atoms with Gasteiger partial charge in [0.15, 0.2) is 5.76 Å². The third kappa shape index (κ3) is 4.37. The molecule has 8 heteroatoms. The van der Waals surface area contributed by atoms with E-state index in [0.29, 0.717) is 23.7 Å². The van der Waals surface area contributed by atoms with Crippen molar-refractivity contribution in [1.82, 2.24) is 9.21 Å². The molecule has 0 bridgehead atoms. The van der Waals surface area contributed by atoms with Crippen molar-refractivity contribution in [2.75, 3.05) is 26.2 Å². The van der Waals surface area contributed by atoms with Gasteiger partial charge in [0.25, 0.3) is 5.91 Å². The van der Waals surface area contributed by atoms with Gasteiger partial charge in [0.05, 0.1) is 0 Å². The Labute approximate surface area is 174 Å². The molecule has 0 radical (unpaired) electrons. The third-order valence-corrected chi connectivity index (χ3v) is 6.61. The fraction of sp³-hybridized carbons (Fsp3) is 0.190. The van der Waals surface area contributed by atoms with Crippen LogP contribution in [0.15, 0.2) is 64.4 Å². The number of rotatable bonds is 4. The molecule has 6 nitrogen and oxygen atoms in total. The number of benzene rings is 2. The van der Waals surface area contributed by atoms with Crippen LogP contribution in [0.5, 0.6) is 0 Å². The topological polar surface area (TPSA) is 70.8 Å². The van der Waals surface area contributed by atoms with E-state index in [4.69, 9.17) is 16.0 Å². The fourth-order valence-electron chi connectivity index (χ4n) is 3.24. The Hall–Kier alpha value is -2.61. The van der Waals surface area contributed by atoms with Crippen LogP contribution >= 0.6 is 11.6 Å². The highest BCUT2D eigenvalue weighted by Crippen LogP contribution is 2.24. The lowest BCUT2D eigenvalue weighted by Crippen LogP contribution is -2.50. The van der Waals surface area contributed by atoms with Crippen LogP contribution in [0.25, 0.3) is 17.0 Å². The summed E-state index contributed by atoms with van der Waals surface area (Å²) in [6.45, 7) is 1.07. The highest BCUT2D eigenvalue weighted by atomic mass is 35.5. The van der Waals surface area contributed by atoms with E-state index < -0.39 is 10.0 Å². The Balaban J connectivity index is 1.41. The summed E-state index contributed by atoms with van der Waals surface area (Å²) in [7, 11) is -3.54. The predicted molar refractivity (Wildman–Crippen MR) is 113 cm³/mol. The highest BCUT2D eigenvalue weighted by Gasteiger charge is 2.29. The Bertz CT molecular complexity index is 1160. The largest absolute Gasteiger partial charge is 0.451 e. The molecule has 1 fully saturated rings. The fourth-order valence-corrected chi connectivity index (χ4v) is 4.59. The molecule has 150 valence electrons. The summed E-state index contributed by atoms with van der Waals surface area (Å²) in [5, 5.41) is 2.54. The Morgan fingerprint density at radius 1 is 1.00 bits per heavy atom. The first kappa shape index (κ1) is 19.7. The van der Waals surface area contributed by atoms with Gasteiger partial charge in [0.1, 0.15) is 5.58 Å². The van der Waals surface area contributed by atoms with Gasteiger partial charge in [-0.15, -0.1) is 0 Å². The summed E-state index contributed by atoms with van der Waals surface area (Å²) in [5.74, 6) is -0.0308. The molecule has 1 aliphatic heterocycles. The van der Waals surface area contributed by atoms with Crippen LogP contribution in [0.1, 0.15) is 16.1 Å². The second kappa shape index (κ2) is 8.02. The highest BCUT2D eigenvalue weighted by molar-refractivity contribution is 7.92. The Morgan fingerprint density at radius 2 is 1.72 bits per heavy atom. The van der Waals surface area contributed by atoms with Crippen molar-refractivity contribution in [3.63, 3.8) is 0 Å². The van der Waals surface area contributed by atoms with E-state index >= 15 is 0 Å². The number of amides is 1. The van der Waals surface area contributed by atoms with Crippen molar-refractivity contribution in [3.05, 3.63) is 76.4 Å². The van der Waals surface area contributed by atoms with Crippen LogP contribution in [0, 0.1) is 0 Å². The number of hydrogen-bond acceptors (Lipinski definition) is 4. The van der Waals surface area contributed by atoms with Crippen molar-refractivity contribution in [2.24, 2.45) is 0 Å². The average molecular weight is 431 g/mol. The van der Waals surface area contributed by atoms with Crippen molar-refractivity contribution < 1.29 is 17.6 Å². The summed E-state index contributed by atoms with van der Waals surface area (Å²) in [6.07, 6.45) is 1.58. The smallest absolute Gasteiger partial charge is 0.289 e. The lowest BCUT2D eigenvalue weighted by Gasteiger charge is -2.32. The summed E-state index contributed by atoms with van der Waals surface area (Å²) in [5.41, 5.74) is 1.40. The average Bonchev–Trinajstić information content (AvgIpc) is 3.16. The normalized spacial score (nSPS) is 16.0. The maximum atomic E-state index is 12.7. The van der Waals surface area contributed by atoms with Gasteiger partial charge in [0.2, 0.25) is 10.0 Å². The molecule has 4 rings (SSSR count). The van der Waals surface area contributed by atoms with Crippen LogP contribution in [-0.2, 0) is 10.0 Å². The minimum atomic E-state index is -3.54. The minimum Gasteiger partial charge on any atom is -0.451 e. The number of fused-ring (bicyclic) bond motifs is 1. The molecule has 1 aromatic heterocycles. The van der Waals surface area contributed by atoms with E-state index in [9.17, 15) is 13.2 Å². The molecule has 2 heterocycles. The molecule has 2 aromatic carbocycles. The number of carbonyl (C=O) groups excluding carboxylic acids is 1. The number of nitrogens with zero attached hydrogens (tertiary/aromatic N) is 2. The predicted octanol–water partition coefficient (Wildman–Crippen LogP) is 3.84. The van der Waals surface area contributed by atoms with Gasteiger partial charge >= 0.3 is 0 Å². The molecule has 1 amide bonds. The number of furan rings is 1. The second-order valence-corrected chi connectivity index (χ2v) is 9.00. The monoisotopic (exact) mass is 430 g/mol. The molecule has 0 aliphatic carbocycles. The number of sulfonamides is 1. The molecule has 1 saturated heterocycles. The van der Waals surface area contributed by atoms with Gasteiger partial charge in [-0.25, -0.2) is 8.42 Å². The number of carbonyl (C=O) groups is 1. The number of halogens is 1. The number of piperazine rings is 1. The minimum absolute atomic E-state index is 0.225. The maximum absolute atomic E-state index is 12.7. The van der Waals surface area contributed by atoms with Crippen LogP contribution in [0.3, 0.4) is 0 Å². The van der Waals surface area contributed by atoms with Gasteiger partial charge in [-0.3, -0.25) is 4.79 Å². The molecule has 0 atom stereocenters. The van der Waals surface area contributed by atoms with Crippen LogP contribution in [-0.4, -0.2) is 49.7 Å². The van der Waals surface area contributed by atoms with Gasteiger partial charge in [-0.05, 0) is 35.9 Å². The van der Waals surface area contributed by atoms with Crippen molar-refractivity contribution >= 4 is 44.6 Å². The zero-order chi connectivity index (χ0) is 20.4. The van der Waals surface area contributed by atoms with Crippen LogP contribution < -0.4 is 0 Å². The summed E-state index contributed by atoms with van der Waals surface area (Å²) in [6, 6.07) is 16.1. The van der Waals surface area contributed by atoms with E-state index in [2.05, 4.69) is 0 Å². The second-order valence-electron chi connectivity index (χ2n) is 6.74. The summed E-state index contributed by atoms with van der Waals surface area (Å²) in [4.78, 5) is 14.3. The quantitative estimate of drug-likeness (QED) is 0.630. The van der Waals surface area contributed by atoms with E-state index in [1.165, 1.54) is 9.71 Å². The molecule has 0 spiro atoms. The third-order valence-electron chi connectivity index (χ3n) is 4.81. The lowest BCUT2D eigenvalue weighted by molar-refractivity contribution is 0.0669. The van der Waals surface area contributed by atoms with E-state index in [1.54, 1.807) is 35.2 Å². The van der Waals surface area contributed by atoms with E-state index in [-0.39, 0.29) is 24.8 Å². The molecule has 1 aliphatic rings. The van der Waals surface area contributed by atoms with Crippen molar-refractivity contribution in [2.45, 2.75) is 0 Å². The molecule has 29 heavy (non-hydrogen) atoms. The zero-order valence-corrected chi connectivity index (χ0v) is 17.1. The zero-order valence-electron chi connectivity index (χ0n) is 15.5. The van der Waals surface area contributed by atoms with Gasteiger partial charge in [-0.2, -0.15) is 4.31 Å². The number of hydrogen-bond donors (Lipinski definition) is 0. The van der Waals surface area contributed by atoms with E-state index in [1.807, 2.05) is 30.3 Å². The van der Waals surface area contributed by atoms with E-state index in [0.717, 1.165) is 10.9 Å². The molecule has 0 saturated carbocycles. The first-order valence-corrected chi connectivity index (χ1v) is 11.0. The van der Waals surface area contributed by atoms with Gasteiger partial charge < -0.3 is 9.32 Å². The van der Waals surface area contributed by atoms with Gasteiger partial charge in [0, 0.05) is 42.0 Å². The molecule has 3 aromatic rings. The molecular formula is C21H19ClN2O4S. The molecule has 0 N–H and O–H groups in total. The SMILES string of the molecule is O=C(c1cc2cc(Cl)ccc2o1)N1CCN(S(=O)(=O)/C=C/c2ccccc2)CC1. The first-order chi connectivity index (χ1) is 13.9. The van der Waals surface area contributed by atoms with Crippen molar-refractivity contribution in [3.8, 4) is 0 Å². The van der Waals surface area contributed by atoms with Crippen molar-refractivity contribution in [1.29, 1.82) is 0 Å². The summed E-state index contributed by atoms with van der Waals surface area (Å²) >= 11 is 5.97. The van der Waals surface area contributed by atoms with Crippen LogP contribution in [0.4, 0.5) is 0 Å². The van der Waals surface area contributed by atoms with Gasteiger partial charge in [-0.1, -0.05) is 41.9 Å². The summed E-state index contributed by atoms with van der Waals surface area (Å²) < 4.78 is 32.1. The molecule has 0 unspecified atom stereocenters.